The summed E-state index contributed by atoms with van der Waals surface area (Å²) in [6.07, 6.45) is -0.843. The highest BCUT2D eigenvalue weighted by Gasteiger charge is 2.14. The van der Waals surface area contributed by atoms with Gasteiger partial charge in [0, 0.05) is 16.7 Å². The molecule has 1 N–H and O–H groups in total. The van der Waals surface area contributed by atoms with Crippen molar-refractivity contribution in [2.75, 3.05) is 0 Å². The molecule has 0 aliphatic rings. The lowest BCUT2D eigenvalue weighted by Gasteiger charge is -2.09. The van der Waals surface area contributed by atoms with Gasteiger partial charge < -0.3 is 5.11 Å². The second-order valence-corrected chi connectivity index (χ2v) is 5.00. The van der Waals surface area contributed by atoms with Crippen molar-refractivity contribution in [1.82, 2.24) is 0 Å². The average molecular weight is 275 g/mol. The van der Waals surface area contributed by atoms with Gasteiger partial charge in [-0.05, 0) is 29.8 Å². The first-order chi connectivity index (χ1) is 8.06. The molecule has 0 saturated heterocycles. The Morgan fingerprint density at radius 2 is 2.06 bits per heavy atom. The Hall–Kier alpha value is -0.970. The van der Waals surface area contributed by atoms with Crippen LogP contribution in [0.25, 0.3) is 0 Å². The standard InChI is InChI=1S/C12H9ClF2OS/c13-8-5-12(17-6-8)11(16)4-7-3-9(14)1-2-10(7)15/h1-3,5-6,11,16H,4H2. The smallest absolute Gasteiger partial charge is 0.126 e. The average Bonchev–Trinajstić information content (AvgIpc) is 2.70. The first-order valence-corrected chi connectivity index (χ1v) is 6.18. The van der Waals surface area contributed by atoms with Crippen LogP contribution in [-0.4, -0.2) is 5.11 Å². The summed E-state index contributed by atoms with van der Waals surface area (Å²) in [5, 5.41) is 12.1. The molecule has 2 rings (SSSR count). The maximum absolute atomic E-state index is 13.4. The van der Waals surface area contributed by atoms with Gasteiger partial charge in [0.25, 0.3) is 0 Å². The van der Waals surface area contributed by atoms with Crippen LogP contribution in [0.3, 0.4) is 0 Å². The largest absolute Gasteiger partial charge is 0.387 e. The second-order valence-electron chi connectivity index (χ2n) is 3.62. The van der Waals surface area contributed by atoms with Gasteiger partial charge in [0.1, 0.15) is 11.6 Å². The number of aliphatic hydroxyl groups is 1. The zero-order valence-electron chi connectivity index (χ0n) is 8.66. The molecule has 1 aromatic carbocycles. The molecular weight excluding hydrogens is 266 g/mol. The normalized spacial score (nSPS) is 12.7. The monoisotopic (exact) mass is 274 g/mol. The Bertz CT molecular complexity index is 527. The highest BCUT2D eigenvalue weighted by Crippen LogP contribution is 2.28. The molecule has 17 heavy (non-hydrogen) atoms. The van der Waals surface area contributed by atoms with Crippen LogP contribution >= 0.6 is 22.9 Å². The summed E-state index contributed by atoms with van der Waals surface area (Å²) in [7, 11) is 0. The van der Waals surface area contributed by atoms with E-state index in [9.17, 15) is 13.9 Å². The van der Waals surface area contributed by atoms with Crippen LogP contribution in [0, 0.1) is 11.6 Å². The zero-order chi connectivity index (χ0) is 12.4. The van der Waals surface area contributed by atoms with E-state index in [1.54, 1.807) is 11.4 Å². The van der Waals surface area contributed by atoms with Gasteiger partial charge in [-0.25, -0.2) is 8.78 Å². The molecule has 0 bridgehead atoms. The van der Waals surface area contributed by atoms with Crippen molar-refractivity contribution >= 4 is 22.9 Å². The Kier molecular flexibility index (Phi) is 3.76. The van der Waals surface area contributed by atoms with Crippen LogP contribution in [0.4, 0.5) is 8.78 Å². The van der Waals surface area contributed by atoms with E-state index in [1.165, 1.54) is 11.3 Å². The van der Waals surface area contributed by atoms with E-state index in [1.807, 2.05) is 0 Å². The number of aliphatic hydroxyl groups excluding tert-OH is 1. The Balaban J connectivity index is 2.18. The molecule has 5 heteroatoms. The van der Waals surface area contributed by atoms with Crippen molar-refractivity contribution in [1.29, 1.82) is 0 Å². The van der Waals surface area contributed by atoms with Gasteiger partial charge in [-0.2, -0.15) is 0 Å². The van der Waals surface area contributed by atoms with Crippen LogP contribution in [0.5, 0.6) is 0 Å². The summed E-state index contributed by atoms with van der Waals surface area (Å²) < 4.78 is 26.3. The molecule has 1 aromatic heterocycles. The zero-order valence-corrected chi connectivity index (χ0v) is 10.2. The first kappa shape index (κ1) is 12.5. The first-order valence-electron chi connectivity index (χ1n) is 4.92. The predicted molar refractivity (Wildman–Crippen MR) is 64.4 cm³/mol. The van der Waals surface area contributed by atoms with Crippen LogP contribution in [0.15, 0.2) is 29.6 Å². The molecule has 1 heterocycles. The number of thiophene rings is 1. The summed E-state index contributed by atoms with van der Waals surface area (Å²) in [5.41, 5.74) is 0.155. The molecule has 1 nitrogen and oxygen atoms in total. The summed E-state index contributed by atoms with van der Waals surface area (Å²) in [6, 6.07) is 4.81. The van der Waals surface area contributed by atoms with Gasteiger partial charge in [0.05, 0.1) is 11.1 Å². The predicted octanol–water partition coefficient (Wildman–Crippen LogP) is 3.96. The molecule has 2 aromatic rings. The minimum atomic E-state index is -0.871. The fraction of sp³-hybridized carbons (Fsp3) is 0.167. The minimum absolute atomic E-state index is 0.0282. The van der Waals surface area contributed by atoms with E-state index in [-0.39, 0.29) is 12.0 Å². The van der Waals surface area contributed by atoms with Crippen molar-refractivity contribution in [3.63, 3.8) is 0 Å². The molecule has 90 valence electrons. The SMILES string of the molecule is OC(Cc1cc(F)ccc1F)c1cc(Cl)cs1. The van der Waals surface area contributed by atoms with E-state index in [0.29, 0.717) is 9.90 Å². The third-order valence-corrected chi connectivity index (χ3v) is 3.72. The van der Waals surface area contributed by atoms with Gasteiger partial charge in [0.2, 0.25) is 0 Å². The van der Waals surface area contributed by atoms with E-state index < -0.39 is 17.7 Å². The maximum atomic E-state index is 13.4. The molecule has 0 spiro atoms. The van der Waals surface area contributed by atoms with E-state index in [2.05, 4.69) is 0 Å². The van der Waals surface area contributed by atoms with Crippen molar-refractivity contribution in [2.24, 2.45) is 0 Å². The summed E-state index contributed by atoms with van der Waals surface area (Å²) in [5.74, 6) is -1.04. The topological polar surface area (TPSA) is 20.2 Å². The highest BCUT2D eigenvalue weighted by atomic mass is 35.5. The van der Waals surface area contributed by atoms with E-state index in [4.69, 9.17) is 11.6 Å². The Labute approximate surface area is 106 Å². The van der Waals surface area contributed by atoms with E-state index >= 15 is 0 Å². The lowest BCUT2D eigenvalue weighted by molar-refractivity contribution is 0.181. The van der Waals surface area contributed by atoms with Crippen LogP contribution in [0.1, 0.15) is 16.5 Å². The molecule has 0 amide bonds. The van der Waals surface area contributed by atoms with Crippen molar-refractivity contribution < 1.29 is 13.9 Å². The number of halogens is 3. The summed E-state index contributed by atoms with van der Waals surface area (Å²) in [6.45, 7) is 0. The lowest BCUT2D eigenvalue weighted by atomic mass is 10.1. The van der Waals surface area contributed by atoms with Crippen molar-refractivity contribution in [2.45, 2.75) is 12.5 Å². The molecule has 0 aliphatic carbocycles. The molecule has 0 fully saturated rings. The lowest BCUT2D eigenvalue weighted by Crippen LogP contribution is -2.02. The van der Waals surface area contributed by atoms with Gasteiger partial charge in [-0.3, -0.25) is 0 Å². The van der Waals surface area contributed by atoms with Gasteiger partial charge >= 0.3 is 0 Å². The van der Waals surface area contributed by atoms with E-state index in [0.717, 1.165) is 18.2 Å². The number of rotatable bonds is 3. The molecular formula is C12H9ClF2OS. The van der Waals surface area contributed by atoms with Gasteiger partial charge in [-0.1, -0.05) is 11.6 Å². The summed E-state index contributed by atoms with van der Waals surface area (Å²) in [4.78, 5) is 0.638. The quantitative estimate of drug-likeness (QED) is 0.898. The fourth-order valence-corrected chi connectivity index (χ4v) is 2.58. The van der Waals surface area contributed by atoms with Crippen molar-refractivity contribution in [3.8, 4) is 0 Å². The summed E-state index contributed by atoms with van der Waals surface area (Å²) >= 11 is 7.02. The van der Waals surface area contributed by atoms with Crippen LogP contribution in [0.2, 0.25) is 5.02 Å². The number of benzene rings is 1. The van der Waals surface area contributed by atoms with Gasteiger partial charge in [0.15, 0.2) is 0 Å². The third kappa shape index (κ3) is 3.03. The Morgan fingerprint density at radius 3 is 2.71 bits per heavy atom. The number of hydrogen-bond acceptors (Lipinski definition) is 2. The Morgan fingerprint density at radius 1 is 1.29 bits per heavy atom. The van der Waals surface area contributed by atoms with Crippen LogP contribution < -0.4 is 0 Å². The van der Waals surface area contributed by atoms with Crippen molar-refractivity contribution in [3.05, 3.63) is 56.7 Å². The molecule has 1 atom stereocenters. The molecule has 0 radical (unpaired) electrons. The molecule has 1 unspecified atom stereocenters. The maximum Gasteiger partial charge on any atom is 0.126 e. The highest BCUT2D eigenvalue weighted by molar-refractivity contribution is 7.10. The van der Waals surface area contributed by atoms with Gasteiger partial charge in [-0.15, -0.1) is 11.3 Å². The molecule has 0 saturated carbocycles. The third-order valence-electron chi connectivity index (χ3n) is 2.34. The molecule has 0 aliphatic heterocycles. The van der Waals surface area contributed by atoms with Crippen LogP contribution in [-0.2, 0) is 6.42 Å². The number of hydrogen-bond donors (Lipinski definition) is 1. The fourth-order valence-electron chi connectivity index (χ4n) is 1.51. The second kappa shape index (κ2) is 5.12. The minimum Gasteiger partial charge on any atom is -0.387 e.